The molecule has 2 aliphatic heterocycles. The van der Waals surface area contributed by atoms with Gasteiger partial charge >= 0.3 is 6.03 Å². The fraction of sp³-hybridized carbons (Fsp3) is 0.323. The molecule has 40 heavy (non-hydrogen) atoms. The van der Waals surface area contributed by atoms with E-state index >= 15 is 0 Å². The van der Waals surface area contributed by atoms with E-state index in [-0.39, 0.29) is 24.6 Å². The normalized spacial score (nSPS) is 20.9. The number of ether oxygens (including phenoxy) is 2. The molecule has 0 radical (unpaired) electrons. The Morgan fingerprint density at radius 2 is 1.77 bits per heavy atom. The number of halogens is 1. The van der Waals surface area contributed by atoms with Crippen LogP contribution < -0.4 is 5.32 Å². The molecule has 9 heteroatoms. The maximum atomic E-state index is 14.3. The first-order valence-electron chi connectivity index (χ1n) is 13.4. The van der Waals surface area contributed by atoms with Gasteiger partial charge in [-0.1, -0.05) is 53.6 Å². The summed E-state index contributed by atoms with van der Waals surface area (Å²) >= 11 is 6.26. The molecule has 208 valence electrons. The van der Waals surface area contributed by atoms with Gasteiger partial charge < -0.3 is 14.8 Å². The molecule has 1 aliphatic carbocycles. The number of nitrogens with zero attached hydrogens (tertiary/aromatic N) is 3. The lowest BCUT2D eigenvalue weighted by Gasteiger charge is -2.34. The molecule has 3 aliphatic rings. The van der Waals surface area contributed by atoms with E-state index in [1.807, 2.05) is 63.2 Å². The van der Waals surface area contributed by atoms with Crippen LogP contribution in [0.4, 0.5) is 4.79 Å². The van der Waals surface area contributed by atoms with E-state index in [0.29, 0.717) is 29.5 Å². The summed E-state index contributed by atoms with van der Waals surface area (Å²) in [6, 6.07) is 14.5. The maximum absolute atomic E-state index is 14.3. The maximum Gasteiger partial charge on any atom is 0.330 e. The number of allylic oxidation sites excluding steroid dienone is 2. The molecule has 3 amide bonds. The number of hydrogen-bond donors (Lipinski definition) is 1. The summed E-state index contributed by atoms with van der Waals surface area (Å²) in [6.45, 7) is 5.86. The molecule has 2 aromatic rings. The van der Waals surface area contributed by atoms with E-state index in [1.54, 1.807) is 18.2 Å². The number of benzene rings is 2. The molecule has 0 bridgehead atoms. The number of methoxy groups -OCH3 is 1. The Balaban J connectivity index is 1.71. The minimum Gasteiger partial charge on any atom is -0.501 e. The first-order chi connectivity index (χ1) is 19.2. The van der Waals surface area contributed by atoms with Gasteiger partial charge in [-0.2, -0.15) is 0 Å². The summed E-state index contributed by atoms with van der Waals surface area (Å²) in [4.78, 5) is 35.0. The molecule has 2 heterocycles. The topological polar surface area (TPSA) is 83.5 Å². The molecule has 0 aromatic heterocycles. The predicted molar refractivity (Wildman–Crippen MR) is 154 cm³/mol. The van der Waals surface area contributed by atoms with Crippen molar-refractivity contribution in [2.24, 2.45) is 4.99 Å². The zero-order valence-electron chi connectivity index (χ0n) is 23.1. The van der Waals surface area contributed by atoms with Crippen LogP contribution in [0.15, 0.2) is 89.1 Å². The largest absolute Gasteiger partial charge is 0.501 e. The van der Waals surface area contributed by atoms with Crippen molar-refractivity contribution in [3.8, 4) is 0 Å². The van der Waals surface area contributed by atoms with Crippen molar-refractivity contribution in [2.75, 3.05) is 13.7 Å². The third-order valence-electron chi connectivity index (χ3n) is 7.07. The number of nitrogens with one attached hydrogen (secondary N) is 1. The average Bonchev–Trinajstić information content (AvgIpc) is 3.33. The summed E-state index contributed by atoms with van der Waals surface area (Å²) < 4.78 is 11.8. The van der Waals surface area contributed by atoms with Gasteiger partial charge in [0, 0.05) is 35.5 Å². The van der Waals surface area contributed by atoms with Crippen molar-refractivity contribution in [3.63, 3.8) is 0 Å². The van der Waals surface area contributed by atoms with E-state index in [9.17, 15) is 9.59 Å². The number of aliphatic imine (C=N–C) groups is 1. The smallest absolute Gasteiger partial charge is 0.330 e. The van der Waals surface area contributed by atoms with Crippen LogP contribution >= 0.6 is 11.6 Å². The first kappa shape index (κ1) is 27.5. The highest BCUT2D eigenvalue weighted by molar-refractivity contribution is 6.30. The quantitative estimate of drug-likeness (QED) is 0.458. The highest BCUT2D eigenvalue weighted by Gasteiger charge is 2.45. The van der Waals surface area contributed by atoms with Gasteiger partial charge in [0.1, 0.15) is 24.2 Å². The zero-order chi connectivity index (χ0) is 28.4. The number of hydrogen-bond acceptors (Lipinski definition) is 5. The van der Waals surface area contributed by atoms with Gasteiger partial charge in [-0.05, 0) is 50.5 Å². The molecule has 2 unspecified atom stereocenters. The summed E-state index contributed by atoms with van der Waals surface area (Å²) in [6.07, 6.45) is 6.07. The van der Waals surface area contributed by atoms with E-state index in [1.165, 1.54) is 11.1 Å². The van der Waals surface area contributed by atoms with Gasteiger partial charge in [-0.15, -0.1) is 0 Å². The molecule has 0 spiro atoms. The van der Waals surface area contributed by atoms with Crippen LogP contribution in [0, 0.1) is 6.92 Å². The van der Waals surface area contributed by atoms with Crippen LogP contribution in [0.2, 0.25) is 5.02 Å². The van der Waals surface area contributed by atoms with Gasteiger partial charge in [0.2, 0.25) is 5.91 Å². The van der Waals surface area contributed by atoms with Crippen molar-refractivity contribution < 1.29 is 19.1 Å². The van der Waals surface area contributed by atoms with Gasteiger partial charge in [-0.25, -0.2) is 4.79 Å². The van der Waals surface area contributed by atoms with Crippen LogP contribution in [-0.2, 0) is 14.3 Å². The van der Waals surface area contributed by atoms with Crippen LogP contribution in [0.1, 0.15) is 55.5 Å². The summed E-state index contributed by atoms with van der Waals surface area (Å²) in [7, 11) is 1.64. The second-order valence-electron chi connectivity index (χ2n) is 10.3. The van der Waals surface area contributed by atoms with Crippen molar-refractivity contribution in [1.82, 2.24) is 15.1 Å². The number of urea groups is 1. The number of amidine groups is 1. The lowest BCUT2D eigenvalue weighted by molar-refractivity contribution is -0.120. The number of carbonyl (C=O) groups excluding carboxylic acids is 2. The molecule has 1 N–H and O–H groups in total. The highest BCUT2D eigenvalue weighted by atomic mass is 35.5. The molecule has 2 atom stereocenters. The molecule has 0 fully saturated rings. The lowest BCUT2D eigenvalue weighted by atomic mass is 9.93. The fourth-order valence-electron chi connectivity index (χ4n) is 5.14. The molecule has 2 aromatic carbocycles. The van der Waals surface area contributed by atoms with Crippen molar-refractivity contribution in [2.45, 2.75) is 51.8 Å². The van der Waals surface area contributed by atoms with E-state index < -0.39 is 12.1 Å². The van der Waals surface area contributed by atoms with Crippen LogP contribution in [0.3, 0.4) is 0 Å². The number of amides is 3. The molecule has 8 nitrogen and oxygen atoms in total. The Morgan fingerprint density at radius 3 is 2.42 bits per heavy atom. The summed E-state index contributed by atoms with van der Waals surface area (Å²) in [5, 5.41) is 3.23. The minimum atomic E-state index is -0.485. The SMILES string of the molecule is COC1=CC(OC(C)C)=C(C2=NC(c3ccc(C)cc3)C(c3ccc(Cl)cc3)N2C(=O)N2C=CNC(=O)C2)CC1. The standard InChI is InChI=1S/C31H33ClN4O4/c1-19(2)40-26-17-24(39-4)13-14-25(26)30-34-28(21-7-5-20(3)6-8-21)29(22-9-11-23(32)12-10-22)36(30)31(38)35-16-15-33-27(37)18-35/h5-12,15-17,19,28-29H,13-14,18H2,1-4H3,(H,33,37). The van der Waals surface area contributed by atoms with Gasteiger partial charge in [0.15, 0.2) is 0 Å². The van der Waals surface area contributed by atoms with Crippen LogP contribution in [-0.4, -0.2) is 47.3 Å². The zero-order valence-corrected chi connectivity index (χ0v) is 23.8. The molecular formula is C31H33ClN4O4. The monoisotopic (exact) mass is 560 g/mol. The van der Waals surface area contributed by atoms with Gasteiger partial charge in [0.05, 0.1) is 25.0 Å². The van der Waals surface area contributed by atoms with Crippen molar-refractivity contribution >= 4 is 29.4 Å². The fourth-order valence-corrected chi connectivity index (χ4v) is 5.27. The van der Waals surface area contributed by atoms with Gasteiger partial charge in [-0.3, -0.25) is 19.6 Å². The third kappa shape index (κ3) is 5.63. The predicted octanol–water partition coefficient (Wildman–Crippen LogP) is 6.17. The Hall–Kier alpha value is -4.04. The number of rotatable bonds is 6. The molecular weight excluding hydrogens is 528 g/mol. The van der Waals surface area contributed by atoms with E-state index in [2.05, 4.69) is 17.4 Å². The van der Waals surface area contributed by atoms with Crippen molar-refractivity contribution in [1.29, 1.82) is 0 Å². The second kappa shape index (κ2) is 11.6. The lowest BCUT2D eigenvalue weighted by Crippen LogP contribution is -2.49. The molecule has 0 saturated heterocycles. The second-order valence-corrected chi connectivity index (χ2v) is 10.7. The summed E-state index contributed by atoms with van der Waals surface area (Å²) in [5.41, 5.74) is 3.80. The Labute approximate surface area is 239 Å². The summed E-state index contributed by atoms with van der Waals surface area (Å²) in [5.74, 6) is 1.69. The van der Waals surface area contributed by atoms with Gasteiger partial charge in [0.25, 0.3) is 0 Å². The average molecular weight is 561 g/mol. The van der Waals surface area contributed by atoms with E-state index in [0.717, 1.165) is 28.0 Å². The molecule has 5 rings (SSSR count). The highest BCUT2D eigenvalue weighted by Crippen LogP contribution is 2.46. The minimum absolute atomic E-state index is 0.0935. The Morgan fingerprint density at radius 1 is 1.07 bits per heavy atom. The Bertz CT molecular complexity index is 1410. The van der Waals surface area contributed by atoms with Crippen LogP contribution in [0.25, 0.3) is 0 Å². The first-order valence-corrected chi connectivity index (χ1v) is 13.7. The third-order valence-corrected chi connectivity index (χ3v) is 7.32. The number of carbonyl (C=O) groups is 2. The van der Waals surface area contributed by atoms with Crippen molar-refractivity contribution in [3.05, 3.63) is 106 Å². The Kier molecular flexibility index (Phi) is 7.98. The van der Waals surface area contributed by atoms with Crippen LogP contribution in [0.5, 0.6) is 0 Å². The molecule has 0 saturated carbocycles. The number of aryl methyl sites for hydroxylation is 1. The van der Waals surface area contributed by atoms with E-state index in [4.69, 9.17) is 26.1 Å².